The molecule has 3 heterocycles. The van der Waals surface area contributed by atoms with Crippen LogP contribution in [0.4, 0.5) is 0 Å². The Morgan fingerprint density at radius 2 is 1.69 bits per heavy atom. The molecule has 0 unspecified atom stereocenters. The van der Waals surface area contributed by atoms with Gasteiger partial charge in [-0.05, 0) is 88.7 Å². The molecule has 1 aliphatic carbocycles. The predicted octanol–water partition coefficient (Wildman–Crippen LogP) is 5.37. The average Bonchev–Trinajstić information content (AvgIpc) is 3.05. The standard InChI is InChI=1S/C25H36N4/c1-4-23-24(17-29(25(23)26)22-8-6-5-7-9-22)21-10-12-28(13-11-21)16-20-14-18(2)27-19(3)15-20/h4,14-15,17,21-22,26H,5-13,16H2,1-3H3/b23-4-,26-25?. The molecular weight excluding hydrogens is 356 g/mol. The Morgan fingerprint density at radius 1 is 1.03 bits per heavy atom. The van der Waals surface area contributed by atoms with E-state index in [1.165, 1.54) is 61.7 Å². The van der Waals surface area contributed by atoms with Gasteiger partial charge < -0.3 is 4.90 Å². The number of aryl methyl sites for hydroxylation is 2. The fourth-order valence-corrected chi connectivity index (χ4v) is 5.51. The molecule has 2 aliphatic heterocycles. The summed E-state index contributed by atoms with van der Waals surface area (Å²) in [5.41, 5.74) is 6.23. The van der Waals surface area contributed by atoms with Gasteiger partial charge in [-0.15, -0.1) is 0 Å². The Kier molecular flexibility index (Phi) is 6.19. The molecular formula is C25H36N4. The van der Waals surface area contributed by atoms with E-state index in [4.69, 9.17) is 5.41 Å². The van der Waals surface area contributed by atoms with Crippen molar-refractivity contribution in [3.05, 3.63) is 52.5 Å². The molecule has 0 spiro atoms. The number of allylic oxidation sites excluding steroid dienone is 1. The maximum absolute atomic E-state index is 8.77. The van der Waals surface area contributed by atoms with Crippen LogP contribution in [-0.4, -0.2) is 39.8 Å². The molecule has 0 amide bonds. The second kappa shape index (κ2) is 8.83. The second-order valence-corrected chi connectivity index (χ2v) is 9.14. The lowest BCUT2D eigenvalue weighted by atomic mass is 9.86. The zero-order chi connectivity index (χ0) is 20.4. The summed E-state index contributed by atoms with van der Waals surface area (Å²) in [6.45, 7) is 9.57. The van der Waals surface area contributed by atoms with Crippen molar-refractivity contribution in [2.24, 2.45) is 5.92 Å². The summed E-state index contributed by atoms with van der Waals surface area (Å²) in [5, 5.41) is 8.77. The summed E-state index contributed by atoms with van der Waals surface area (Å²) in [5.74, 6) is 1.34. The Morgan fingerprint density at radius 3 is 2.31 bits per heavy atom. The number of nitrogens with zero attached hydrogens (tertiary/aromatic N) is 3. The SMILES string of the molecule is C/C=C1\C(=N)N(C2CCCCC2)C=C1C1CCN(Cc2cc(C)nc(C)c2)CC1. The van der Waals surface area contributed by atoms with E-state index < -0.39 is 0 Å². The summed E-state index contributed by atoms with van der Waals surface area (Å²) in [6, 6.07) is 4.99. The van der Waals surface area contributed by atoms with E-state index in [2.05, 4.69) is 60.0 Å². The molecule has 0 bridgehead atoms. The van der Waals surface area contributed by atoms with Gasteiger partial charge in [-0.2, -0.15) is 0 Å². The first-order valence-electron chi connectivity index (χ1n) is 11.5. The lowest BCUT2D eigenvalue weighted by molar-refractivity contribution is 0.192. The third-order valence-corrected chi connectivity index (χ3v) is 6.93. The fourth-order valence-electron chi connectivity index (χ4n) is 5.51. The monoisotopic (exact) mass is 392 g/mol. The fraction of sp³-hybridized carbons (Fsp3) is 0.600. The van der Waals surface area contributed by atoms with Gasteiger partial charge in [0.1, 0.15) is 5.84 Å². The van der Waals surface area contributed by atoms with Crippen LogP contribution in [0.1, 0.15) is 68.8 Å². The summed E-state index contributed by atoms with van der Waals surface area (Å²) in [6.07, 6.45) is 13.4. The summed E-state index contributed by atoms with van der Waals surface area (Å²) < 4.78 is 0. The van der Waals surface area contributed by atoms with Crippen LogP contribution in [0.2, 0.25) is 0 Å². The molecule has 2 fully saturated rings. The Labute approximate surface area is 176 Å². The molecule has 1 N–H and O–H groups in total. The normalized spacial score (nSPS) is 23.8. The van der Waals surface area contributed by atoms with E-state index in [9.17, 15) is 0 Å². The van der Waals surface area contributed by atoms with Crippen LogP contribution in [0.15, 0.2) is 35.6 Å². The maximum atomic E-state index is 8.77. The molecule has 0 aromatic carbocycles. The van der Waals surface area contributed by atoms with Crippen molar-refractivity contribution in [3.63, 3.8) is 0 Å². The number of aromatic nitrogens is 1. The van der Waals surface area contributed by atoms with Gasteiger partial charge in [0.05, 0.1) is 0 Å². The van der Waals surface area contributed by atoms with Gasteiger partial charge in [-0.1, -0.05) is 25.3 Å². The number of likely N-dealkylation sites (tertiary alicyclic amines) is 1. The summed E-state index contributed by atoms with van der Waals surface area (Å²) >= 11 is 0. The molecule has 156 valence electrons. The van der Waals surface area contributed by atoms with E-state index in [0.717, 1.165) is 36.9 Å². The molecule has 29 heavy (non-hydrogen) atoms. The molecule has 0 radical (unpaired) electrons. The molecule has 1 saturated heterocycles. The topological polar surface area (TPSA) is 43.2 Å². The number of piperidine rings is 1. The number of nitrogens with one attached hydrogen (secondary N) is 1. The quantitative estimate of drug-likeness (QED) is 0.749. The van der Waals surface area contributed by atoms with Crippen LogP contribution in [0.5, 0.6) is 0 Å². The highest BCUT2D eigenvalue weighted by molar-refractivity contribution is 6.03. The third kappa shape index (κ3) is 4.48. The van der Waals surface area contributed by atoms with E-state index >= 15 is 0 Å². The molecule has 4 nitrogen and oxygen atoms in total. The molecule has 3 aliphatic rings. The highest BCUT2D eigenvalue weighted by atomic mass is 15.2. The second-order valence-electron chi connectivity index (χ2n) is 9.14. The Bertz CT molecular complexity index is 788. The maximum Gasteiger partial charge on any atom is 0.132 e. The zero-order valence-electron chi connectivity index (χ0n) is 18.4. The smallest absolute Gasteiger partial charge is 0.132 e. The number of amidine groups is 1. The van der Waals surface area contributed by atoms with E-state index in [-0.39, 0.29) is 0 Å². The number of hydrogen-bond acceptors (Lipinski definition) is 3. The number of rotatable bonds is 4. The van der Waals surface area contributed by atoms with Gasteiger partial charge in [-0.3, -0.25) is 15.3 Å². The van der Waals surface area contributed by atoms with Gasteiger partial charge in [0.25, 0.3) is 0 Å². The van der Waals surface area contributed by atoms with Crippen molar-refractivity contribution in [2.45, 2.75) is 78.3 Å². The van der Waals surface area contributed by atoms with Crippen LogP contribution in [0.25, 0.3) is 0 Å². The molecule has 1 aromatic heterocycles. The van der Waals surface area contributed by atoms with Crippen molar-refractivity contribution in [1.82, 2.24) is 14.8 Å². The van der Waals surface area contributed by atoms with Gasteiger partial charge >= 0.3 is 0 Å². The number of hydrogen-bond donors (Lipinski definition) is 1. The molecule has 1 saturated carbocycles. The van der Waals surface area contributed by atoms with Gasteiger partial charge in [0, 0.05) is 35.7 Å². The first-order chi connectivity index (χ1) is 14.0. The summed E-state index contributed by atoms with van der Waals surface area (Å²) in [4.78, 5) is 9.39. The minimum absolute atomic E-state index is 0.543. The van der Waals surface area contributed by atoms with Crippen molar-refractivity contribution >= 4 is 5.84 Å². The molecule has 4 rings (SSSR count). The molecule has 4 heteroatoms. The highest BCUT2D eigenvalue weighted by Crippen LogP contribution is 2.38. The van der Waals surface area contributed by atoms with Crippen LogP contribution in [0, 0.1) is 25.2 Å². The van der Waals surface area contributed by atoms with Crippen molar-refractivity contribution in [1.29, 1.82) is 5.41 Å². The van der Waals surface area contributed by atoms with Gasteiger partial charge in [-0.25, -0.2) is 0 Å². The van der Waals surface area contributed by atoms with Crippen LogP contribution in [0.3, 0.4) is 0 Å². The first kappa shape index (κ1) is 20.3. The third-order valence-electron chi connectivity index (χ3n) is 6.93. The van der Waals surface area contributed by atoms with Gasteiger partial charge in [0.15, 0.2) is 0 Å². The van der Waals surface area contributed by atoms with Gasteiger partial charge in [0.2, 0.25) is 0 Å². The van der Waals surface area contributed by atoms with Crippen LogP contribution < -0.4 is 0 Å². The van der Waals surface area contributed by atoms with E-state index in [1.54, 1.807) is 0 Å². The Hall–Kier alpha value is -1.94. The van der Waals surface area contributed by atoms with Crippen molar-refractivity contribution in [2.75, 3.05) is 13.1 Å². The van der Waals surface area contributed by atoms with Crippen molar-refractivity contribution in [3.8, 4) is 0 Å². The Balaban J connectivity index is 1.41. The first-order valence-corrected chi connectivity index (χ1v) is 11.5. The predicted molar refractivity (Wildman–Crippen MR) is 120 cm³/mol. The lowest BCUT2D eigenvalue weighted by Crippen LogP contribution is -2.34. The highest BCUT2D eigenvalue weighted by Gasteiger charge is 2.34. The van der Waals surface area contributed by atoms with E-state index in [1.807, 2.05) is 0 Å². The minimum Gasteiger partial charge on any atom is -0.330 e. The minimum atomic E-state index is 0.543. The molecule has 1 aromatic rings. The average molecular weight is 393 g/mol. The zero-order valence-corrected chi connectivity index (χ0v) is 18.4. The van der Waals surface area contributed by atoms with Crippen LogP contribution in [-0.2, 0) is 6.54 Å². The summed E-state index contributed by atoms with van der Waals surface area (Å²) in [7, 11) is 0. The van der Waals surface area contributed by atoms with E-state index in [0.29, 0.717) is 12.0 Å². The van der Waals surface area contributed by atoms with Crippen molar-refractivity contribution < 1.29 is 0 Å². The lowest BCUT2D eigenvalue weighted by Gasteiger charge is -2.32. The van der Waals surface area contributed by atoms with Crippen LogP contribution >= 0.6 is 0 Å². The molecule has 0 atom stereocenters. The largest absolute Gasteiger partial charge is 0.330 e. The number of pyridine rings is 1.